The number of anilines is 2. The number of nitrogens with zero attached hydrogens (tertiary/aromatic N) is 2. The topological polar surface area (TPSA) is 35.6 Å². The van der Waals surface area contributed by atoms with Crippen LogP contribution in [0.25, 0.3) is 0 Å². The third kappa shape index (κ3) is 4.53. The molecule has 0 saturated carbocycles. The molecule has 5 heteroatoms. The van der Waals surface area contributed by atoms with E-state index >= 15 is 0 Å². The van der Waals surface area contributed by atoms with Crippen molar-refractivity contribution in [1.29, 1.82) is 0 Å². The van der Waals surface area contributed by atoms with E-state index in [2.05, 4.69) is 34.3 Å². The van der Waals surface area contributed by atoms with Crippen molar-refractivity contribution in [2.24, 2.45) is 0 Å². The van der Waals surface area contributed by atoms with Gasteiger partial charge in [0, 0.05) is 42.6 Å². The number of carbonyl (C=O) groups is 1. The van der Waals surface area contributed by atoms with Crippen molar-refractivity contribution in [3.63, 3.8) is 0 Å². The molecule has 0 spiro atoms. The second kappa shape index (κ2) is 7.89. The van der Waals surface area contributed by atoms with Crippen LogP contribution in [0.5, 0.6) is 0 Å². The van der Waals surface area contributed by atoms with Crippen LogP contribution < -0.4 is 10.2 Å². The molecule has 25 heavy (non-hydrogen) atoms. The average molecular weight is 358 g/mol. The lowest BCUT2D eigenvalue weighted by Gasteiger charge is -2.34. The fourth-order valence-corrected chi connectivity index (χ4v) is 3.26. The van der Waals surface area contributed by atoms with Crippen molar-refractivity contribution in [1.82, 2.24) is 4.90 Å². The molecule has 1 aliphatic heterocycles. The normalized spacial score (nSPS) is 15.2. The Kier molecular flexibility index (Phi) is 5.61. The van der Waals surface area contributed by atoms with Crippen LogP contribution in [0.4, 0.5) is 11.4 Å². The van der Waals surface area contributed by atoms with E-state index < -0.39 is 0 Å². The van der Waals surface area contributed by atoms with Gasteiger partial charge in [-0.2, -0.15) is 0 Å². The molecule has 4 nitrogen and oxygen atoms in total. The molecule has 1 amide bonds. The summed E-state index contributed by atoms with van der Waals surface area (Å²) in [7, 11) is 2.15. The van der Waals surface area contributed by atoms with Crippen molar-refractivity contribution in [3.8, 4) is 0 Å². The predicted molar refractivity (Wildman–Crippen MR) is 105 cm³/mol. The van der Waals surface area contributed by atoms with Gasteiger partial charge in [0.05, 0.1) is 6.42 Å². The molecule has 0 radical (unpaired) electrons. The van der Waals surface area contributed by atoms with E-state index in [4.69, 9.17) is 11.6 Å². The molecule has 0 unspecified atom stereocenters. The summed E-state index contributed by atoms with van der Waals surface area (Å²) < 4.78 is 0. The number of benzene rings is 2. The summed E-state index contributed by atoms with van der Waals surface area (Å²) in [5.41, 5.74) is 3.99. The first-order valence-corrected chi connectivity index (χ1v) is 8.98. The fraction of sp³-hybridized carbons (Fsp3) is 0.350. The maximum absolute atomic E-state index is 12.3. The van der Waals surface area contributed by atoms with Gasteiger partial charge in [-0.15, -0.1) is 0 Å². The number of carbonyl (C=O) groups excluding carboxylic acids is 1. The zero-order chi connectivity index (χ0) is 17.8. The summed E-state index contributed by atoms with van der Waals surface area (Å²) in [6, 6.07) is 13.7. The Hall–Kier alpha value is -2.04. The Morgan fingerprint density at radius 3 is 2.52 bits per heavy atom. The number of nitrogens with one attached hydrogen (secondary N) is 1. The summed E-state index contributed by atoms with van der Waals surface area (Å²) in [5, 5.41) is 3.62. The maximum Gasteiger partial charge on any atom is 0.228 e. The molecule has 0 aromatic heterocycles. The molecule has 1 heterocycles. The fourth-order valence-electron chi connectivity index (χ4n) is 3.06. The molecule has 132 valence electrons. The lowest BCUT2D eigenvalue weighted by Crippen LogP contribution is -2.44. The SMILES string of the molecule is Cc1cc(N2CCN(C)CC2)ccc1NC(=O)Cc1ccccc1Cl. The molecule has 1 fully saturated rings. The van der Waals surface area contributed by atoms with Crippen LogP contribution in [0.3, 0.4) is 0 Å². The van der Waals surface area contributed by atoms with Crippen LogP contribution in [0.1, 0.15) is 11.1 Å². The van der Waals surface area contributed by atoms with Crippen molar-refractivity contribution in [2.75, 3.05) is 43.4 Å². The van der Waals surface area contributed by atoms with Gasteiger partial charge in [-0.1, -0.05) is 29.8 Å². The van der Waals surface area contributed by atoms with E-state index in [0.29, 0.717) is 5.02 Å². The number of piperazine rings is 1. The monoisotopic (exact) mass is 357 g/mol. The Morgan fingerprint density at radius 2 is 1.84 bits per heavy atom. The van der Waals surface area contributed by atoms with E-state index in [1.807, 2.05) is 31.2 Å². The van der Waals surface area contributed by atoms with E-state index in [9.17, 15) is 4.79 Å². The third-order valence-electron chi connectivity index (χ3n) is 4.66. The minimum atomic E-state index is -0.0523. The van der Waals surface area contributed by atoms with Gasteiger partial charge < -0.3 is 15.1 Å². The van der Waals surface area contributed by atoms with Gasteiger partial charge in [-0.25, -0.2) is 0 Å². The molecule has 1 saturated heterocycles. The standard InChI is InChI=1S/C20H24ClN3O/c1-15-13-17(24-11-9-23(2)10-12-24)7-8-19(15)22-20(25)14-16-5-3-4-6-18(16)21/h3-8,13H,9-12,14H2,1-2H3,(H,22,25). The summed E-state index contributed by atoms with van der Waals surface area (Å²) in [6.45, 7) is 6.26. The van der Waals surface area contributed by atoms with Crippen LogP contribution in [0.2, 0.25) is 5.02 Å². The van der Waals surface area contributed by atoms with Crippen LogP contribution in [-0.4, -0.2) is 44.0 Å². The molecule has 3 rings (SSSR count). The lowest BCUT2D eigenvalue weighted by molar-refractivity contribution is -0.115. The highest BCUT2D eigenvalue weighted by Gasteiger charge is 2.15. The molecular formula is C20H24ClN3O. The minimum Gasteiger partial charge on any atom is -0.369 e. The van der Waals surface area contributed by atoms with Crippen molar-refractivity contribution < 1.29 is 4.79 Å². The summed E-state index contributed by atoms with van der Waals surface area (Å²) in [5.74, 6) is -0.0523. The molecule has 0 atom stereocenters. The van der Waals surface area contributed by atoms with Crippen LogP contribution in [0, 0.1) is 6.92 Å². The second-order valence-electron chi connectivity index (χ2n) is 6.61. The molecule has 1 N–H and O–H groups in total. The molecule has 0 aliphatic carbocycles. The quantitative estimate of drug-likeness (QED) is 0.908. The van der Waals surface area contributed by atoms with Gasteiger partial charge in [-0.3, -0.25) is 4.79 Å². The van der Waals surface area contributed by atoms with E-state index in [-0.39, 0.29) is 12.3 Å². The van der Waals surface area contributed by atoms with Gasteiger partial charge in [0.25, 0.3) is 0 Å². The number of aryl methyl sites for hydroxylation is 1. The van der Waals surface area contributed by atoms with Gasteiger partial charge in [0.2, 0.25) is 5.91 Å². The Morgan fingerprint density at radius 1 is 1.12 bits per heavy atom. The first kappa shape index (κ1) is 17.8. The average Bonchev–Trinajstić information content (AvgIpc) is 2.59. The van der Waals surface area contributed by atoms with Crippen LogP contribution in [-0.2, 0) is 11.2 Å². The number of likely N-dealkylation sites (N-methyl/N-ethyl adjacent to an activating group) is 1. The molecule has 2 aromatic rings. The largest absolute Gasteiger partial charge is 0.369 e. The highest BCUT2D eigenvalue weighted by molar-refractivity contribution is 6.31. The molecule has 2 aromatic carbocycles. The van der Waals surface area contributed by atoms with Crippen molar-refractivity contribution in [3.05, 3.63) is 58.6 Å². The molecular weight excluding hydrogens is 334 g/mol. The smallest absolute Gasteiger partial charge is 0.228 e. The Balaban J connectivity index is 1.65. The van der Waals surface area contributed by atoms with E-state index in [1.165, 1.54) is 5.69 Å². The summed E-state index contributed by atoms with van der Waals surface area (Å²) in [6.07, 6.45) is 0.277. The lowest BCUT2D eigenvalue weighted by atomic mass is 10.1. The van der Waals surface area contributed by atoms with Gasteiger partial charge in [0.15, 0.2) is 0 Å². The van der Waals surface area contributed by atoms with Crippen molar-refractivity contribution >= 4 is 28.9 Å². The Bertz CT molecular complexity index is 754. The predicted octanol–water partition coefficient (Wildman–Crippen LogP) is 3.58. The maximum atomic E-state index is 12.3. The van der Waals surface area contributed by atoms with Crippen molar-refractivity contribution in [2.45, 2.75) is 13.3 Å². The molecule has 1 aliphatic rings. The summed E-state index contributed by atoms with van der Waals surface area (Å²) >= 11 is 6.13. The highest BCUT2D eigenvalue weighted by atomic mass is 35.5. The van der Waals surface area contributed by atoms with Crippen LogP contribution in [0.15, 0.2) is 42.5 Å². The first-order valence-electron chi connectivity index (χ1n) is 8.60. The van der Waals surface area contributed by atoms with Gasteiger partial charge >= 0.3 is 0 Å². The minimum absolute atomic E-state index is 0.0523. The number of hydrogen-bond donors (Lipinski definition) is 1. The molecule has 0 bridgehead atoms. The Labute approximate surface area is 154 Å². The zero-order valence-corrected chi connectivity index (χ0v) is 15.5. The third-order valence-corrected chi connectivity index (χ3v) is 5.03. The highest BCUT2D eigenvalue weighted by Crippen LogP contribution is 2.24. The van der Waals surface area contributed by atoms with Gasteiger partial charge in [0.1, 0.15) is 0 Å². The zero-order valence-electron chi connectivity index (χ0n) is 14.8. The van der Waals surface area contributed by atoms with Crippen LogP contribution >= 0.6 is 11.6 Å². The first-order chi connectivity index (χ1) is 12.0. The number of hydrogen-bond acceptors (Lipinski definition) is 3. The van der Waals surface area contributed by atoms with E-state index in [0.717, 1.165) is 43.0 Å². The van der Waals surface area contributed by atoms with Gasteiger partial charge in [-0.05, 0) is 49.4 Å². The summed E-state index contributed by atoms with van der Waals surface area (Å²) in [4.78, 5) is 17.1. The second-order valence-corrected chi connectivity index (χ2v) is 7.01. The van der Waals surface area contributed by atoms with E-state index in [1.54, 1.807) is 6.07 Å². The number of amides is 1. The number of halogens is 1. The number of rotatable bonds is 4.